The van der Waals surface area contributed by atoms with Crippen LogP contribution >= 0.6 is 0 Å². The molecule has 0 spiro atoms. The van der Waals surface area contributed by atoms with Crippen LogP contribution in [0, 0.1) is 0 Å². The summed E-state index contributed by atoms with van der Waals surface area (Å²) in [5.41, 5.74) is -0.248. The smallest absolute Gasteiger partial charge is 0.229 e. The molecule has 0 unspecified atom stereocenters. The number of hydrogen-bond acceptors (Lipinski definition) is 5. The Balaban J connectivity index is 5.11. The van der Waals surface area contributed by atoms with Crippen LogP contribution in [-0.4, -0.2) is 60.3 Å². The minimum Gasteiger partial charge on any atom is -0.457 e. The van der Waals surface area contributed by atoms with E-state index in [1.165, 1.54) is 0 Å². The molecule has 0 aromatic rings. The normalized spacial score (nSPS) is 13.5. The number of rotatable bonds is 8. The maximum Gasteiger partial charge on any atom is 0.229 e. The molecule has 0 aliphatic rings. The minimum absolute atomic E-state index is 0.0496. The molecule has 0 bridgehead atoms. The van der Waals surface area contributed by atoms with Gasteiger partial charge < -0.3 is 23.1 Å². The number of methoxy groups -OCH3 is 4. The van der Waals surface area contributed by atoms with Gasteiger partial charge in [-0.05, 0) is 13.8 Å². The summed E-state index contributed by atoms with van der Waals surface area (Å²) in [6.45, 7) is 3.62. The molecular formula is C9H19O5Si2. The second-order valence-electron chi connectivity index (χ2n) is 3.50. The summed E-state index contributed by atoms with van der Waals surface area (Å²) < 4.78 is 26.5. The molecule has 0 heterocycles. The van der Waals surface area contributed by atoms with Gasteiger partial charge in [0.15, 0.2) is 11.6 Å². The van der Waals surface area contributed by atoms with Crippen LogP contribution in [0.3, 0.4) is 0 Å². The van der Waals surface area contributed by atoms with Gasteiger partial charge in [-0.25, -0.2) is 0 Å². The Hall–Kier alpha value is 0.234. The van der Waals surface area contributed by atoms with Crippen LogP contribution < -0.4 is 0 Å². The summed E-state index contributed by atoms with van der Waals surface area (Å²) in [6, 6.07) is 0. The van der Waals surface area contributed by atoms with Crippen molar-refractivity contribution in [1.82, 2.24) is 0 Å². The lowest BCUT2D eigenvalue weighted by Gasteiger charge is -2.43. The molecule has 16 heavy (non-hydrogen) atoms. The number of hydrogen-bond donors (Lipinski definition) is 0. The van der Waals surface area contributed by atoms with E-state index in [2.05, 4.69) is 10.5 Å². The second kappa shape index (κ2) is 6.85. The van der Waals surface area contributed by atoms with Gasteiger partial charge in [-0.3, -0.25) is 0 Å². The summed E-state index contributed by atoms with van der Waals surface area (Å²) in [7, 11) is 9.32. The number of ether oxygens (including phenoxy) is 4. The zero-order valence-corrected chi connectivity index (χ0v) is 12.6. The van der Waals surface area contributed by atoms with Crippen LogP contribution in [0.1, 0.15) is 13.8 Å². The van der Waals surface area contributed by atoms with Gasteiger partial charge in [-0.2, -0.15) is 0 Å². The highest BCUT2D eigenvalue weighted by Crippen LogP contribution is 2.38. The van der Waals surface area contributed by atoms with Gasteiger partial charge in [0.2, 0.25) is 20.2 Å². The van der Waals surface area contributed by atoms with Crippen molar-refractivity contribution in [2.24, 2.45) is 0 Å². The lowest BCUT2D eigenvalue weighted by Crippen LogP contribution is -2.52. The summed E-state index contributed by atoms with van der Waals surface area (Å²) in [5, 5.41) is 0. The van der Waals surface area contributed by atoms with E-state index in [1.54, 1.807) is 28.4 Å². The third-order valence-electron chi connectivity index (χ3n) is 2.85. The molecule has 0 aromatic heterocycles. The van der Waals surface area contributed by atoms with E-state index < -0.39 is 11.6 Å². The molecule has 0 saturated heterocycles. The van der Waals surface area contributed by atoms with Gasteiger partial charge in [0, 0.05) is 28.4 Å². The molecule has 5 radical (unpaired) electrons. The zero-order chi connectivity index (χ0) is 12.8. The first-order valence-corrected chi connectivity index (χ1v) is 6.12. The van der Waals surface area contributed by atoms with Gasteiger partial charge in [0.25, 0.3) is 0 Å². The molecule has 0 aliphatic heterocycles. The highest BCUT2D eigenvalue weighted by molar-refractivity contribution is 6.36. The molecule has 0 fully saturated rings. The third-order valence-corrected chi connectivity index (χ3v) is 4.60. The minimum atomic E-state index is -0.855. The third kappa shape index (κ3) is 3.36. The summed E-state index contributed by atoms with van der Waals surface area (Å²) in [4.78, 5) is 0. The average Bonchev–Trinajstić information content (AvgIpc) is 2.34. The van der Waals surface area contributed by atoms with Crippen LogP contribution in [0.4, 0.5) is 0 Å². The molecule has 0 N–H and O–H groups in total. The molecule has 0 aliphatic carbocycles. The van der Waals surface area contributed by atoms with E-state index >= 15 is 0 Å². The maximum atomic E-state index is 5.37. The molecule has 5 nitrogen and oxygen atoms in total. The SMILES string of the molecule is COC(C)(OC)C([Si]O[Si])C(C)(OC)OC. The van der Waals surface area contributed by atoms with Gasteiger partial charge in [0.1, 0.15) is 0 Å². The quantitative estimate of drug-likeness (QED) is 0.472. The van der Waals surface area contributed by atoms with E-state index in [9.17, 15) is 0 Å². The standard InChI is InChI=1S/C9H19O5Si2/c1-8(10-3,11-4)7(16-14-15)9(2,12-5)13-6/h7H,1-6H3. The molecule has 0 rings (SSSR count). The maximum absolute atomic E-state index is 5.37. The lowest BCUT2D eigenvalue weighted by molar-refractivity contribution is -0.278. The van der Waals surface area contributed by atoms with Crippen molar-refractivity contribution >= 4 is 20.2 Å². The lowest BCUT2D eigenvalue weighted by atomic mass is 10.1. The molecule has 0 saturated carbocycles. The van der Waals surface area contributed by atoms with Crippen molar-refractivity contribution in [2.45, 2.75) is 31.0 Å². The van der Waals surface area contributed by atoms with Crippen LogP contribution in [0.25, 0.3) is 0 Å². The fraction of sp³-hybridized carbons (Fsp3) is 1.00. The van der Waals surface area contributed by atoms with Crippen molar-refractivity contribution in [3.8, 4) is 0 Å². The fourth-order valence-electron chi connectivity index (χ4n) is 1.39. The van der Waals surface area contributed by atoms with E-state index in [0.717, 1.165) is 0 Å². The Labute approximate surface area is 103 Å². The molecule has 0 atom stereocenters. The average molecular weight is 263 g/mol. The second-order valence-corrected chi connectivity index (χ2v) is 5.13. The van der Waals surface area contributed by atoms with Crippen molar-refractivity contribution in [1.29, 1.82) is 0 Å². The Kier molecular flexibility index (Phi) is 6.95. The van der Waals surface area contributed by atoms with Crippen molar-refractivity contribution in [3.63, 3.8) is 0 Å². The van der Waals surface area contributed by atoms with Crippen molar-refractivity contribution in [3.05, 3.63) is 0 Å². The van der Waals surface area contributed by atoms with Gasteiger partial charge >= 0.3 is 0 Å². The first-order valence-electron chi connectivity index (χ1n) is 4.72. The molecule has 0 amide bonds. The molecule has 93 valence electrons. The van der Waals surface area contributed by atoms with Crippen LogP contribution in [0.2, 0.25) is 5.54 Å². The van der Waals surface area contributed by atoms with Gasteiger partial charge in [0.05, 0.1) is 5.54 Å². The monoisotopic (exact) mass is 263 g/mol. The Morgan fingerprint density at radius 2 is 1.19 bits per heavy atom. The zero-order valence-electron chi connectivity index (χ0n) is 10.6. The molecular weight excluding hydrogens is 244 g/mol. The predicted molar refractivity (Wildman–Crippen MR) is 61.2 cm³/mol. The fourth-order valence-corrected chi connectivity index (χ4v) is 2.76. The highest BCUT2D eigenvalue weighted by Gasteiger charge is 2.49. The molecule has 0 aromatic carbocycles. The van der Waals surface area contributed by atoms with Crippen LogP contribution in [-0.2, 0) is 23.1 Å². The van der Waals surface area contributed by atoms with E-state index in [1.807, 2.05) is 13.8 Å². The Morgan fingerprint density at radius 3 is 1.38 bits per heavy atom. The topological polar surface area (TPSA) is 46.2 Å². The largest absolute Gasteiger partial charge is 0.457 e. The predicted octanol–water partition coefficient (Wildman–Crippen LogP) is 0.512. The van der Waals surface area contributed by atoms with Crippen LogP contribution in [0.15, 0.2) is 0 Å². The Bertz CT molecular complexity index is 176. The van der Waals surface area contributed by atoms with Gasteiger partial charge in [-0.1, -0.05) is 0 Å². The van der Waals surface area contributed by atoms with E-state index in [4.69, 9.17) is 23.1 Å². The highest BCUT2D eigenvalue weighted by atomic mass is 28.3. The molecule has 7 heteroatoms. The summed E-state index contributed by atoms with van der Waals surface area (Å²) in [6.07, 6.45) is 0. The van der Waals surface area contributed by atoms with Crippen molar-refractivity contribution in [2.75, 3.05) is 28.4 Å². The van der Waals surface area contributed by atoms with Crippen molar-refractivity contribution < 1.29 is 23.1 Å². The first kappa shape index (κ1) is 16.2. The first-order chi connectivity index (χ1) is 7.44. The van der Waals surface area contributed by atoms with Crippen LogP contribution in [0.5, 0.6) is 0 Å². The Morgan fingerprint density at radius 1 is 0.875 bits per heavy atom. The summed E-state index contributed by atoms with van der Waals surface area (Å²) >= 11 is 0. The van der Waals surface area contributed by atoms with E-state index in [0.29, 0.717) is 0 Å². The summed E-state index contributed by atoms with van der Waals surface area (Å²) in [5.74, 6) is -1.71. The van der Waals surface area contributed by atoms with Gasteiger partial charge in [-0.15, -0.1) is 0 Å². The van der Waals surface area contributed by atoms with E-state index in [-0.39, 0.29) is 15.3 Å².